The van der Waals surface area contributed by atoms with Gasteiger partial charge in [0, 0.05) is 19.4 Å². The molecule has 1 aromatic carbocycles. The highest BCUT2D eigenvalue weighted by molar-refractivity contribution is 5.76. The molecule has 0 unspecified atom stereocenters. The van der Waals surface area contributed by atoms with Crippen LogP contribution in [0.4, 0.5) is 0 Å². The molecule has 3 rings (SSSR count). The van der Waals surface area contributed by atoms with Crippen LogP contribution in [-0.4, -0.2) is 19.2 Å². The zero-order valence-corrected chi connectivity index (χ0v) is 13.2. The molecule has 118 valence electrons. The van der Waals surface area contributed by atoms with Crippen LogP contribution in [0.2, 0.25) is 0 Å². The van der Waals surface area contributed by atoms with Crippen molar-refractivity contribution < 1.29 is 14.3 Å². The quantitative estimate of drug-likeness (QED) is 0.621. The Morgan fingerprint density at radius 1 is 1.23 bits per heavy atom. The van der Waals surface area contributed by atoms with E-state index < -0.39 is 6.10 Å². The molecule has 0 radical (unpaired) electrons. The fraction of sp³-hybridized carbons (Fsp3) is 0.526. The van der Waals surface area contributed by atoms with Crippen molar-refractivity contribution in [3.63, 3.8) is 0 Å². The molecule has 22 heavy (non-hydrogen) atoms. The Balaban J connectivity index is 1.69. The number of fused-ring (bicyclic) bond motifs is 1. The minimum atomic E-state index is -0.642. The van der Waals surface area contributed by atoms with Crippen LogP contribution < -0.4 is 0 Å². The summed E-state index contributed by atoms with van der Waals surface area (Å²) < 4.78 is 11.2. The molecule has 0 aliphatic heterocycles. The van der Waals surface area contributed by atoms with Crippen molar-refractivity contribution in [3.05, 3.63) is 48.0 Å². The summed E-state index contributed by atoms with van der Waals surface area (Å²) in [5.41, 5.74) is 2.10. The molecule has 2 saturated carbocycles. The highest BCUT2D eigenvalue weighted by Crippen LogP contribution is 2.46. The summed E-state index contributed by atoms with van der Waals surface area (Å²) in [4.78, 5) is 12.5. The van der Waals surface area contributed by atoms with Gasteiger partial charge in [-0.15, -0.1) is 0 Å². The van der Waals surface area contributed by atoms with Crippen LogP contribution in [0.25, 0.3) is 0 Å². The first kappa shape index (κ1) is 15.3. The fourth-order valence-electron chi connectivity index (χ4n) is 4.01. The third kappa shape index (κ3) is 2.95. The summed E-state index contributed by atoms with van der Waals surface area (Å²) in [6.45, 7) is 4.20. The predicted octanol–water partition coefficient (Wildman–Crippen LogP) is 4.05. The molecule has 3 heteroatoms. The predicted molar refractivity (Wildman–Crippen MR) is 85.3 cm³/mol. The van der Waals surface area contributed by atoms with E-state index in [1.54, 1.807) is 7.11 Å². The van der Waals surface area contributed by atoms with E-state index in [-0.39, 0.29) is 12.1 Å². The average Bonchev–Trinajstić information content (AvgIpc) is 2.86. The van der Waals surface area contributed by atoms with Gasteiger partial charge in [-0.1, -0.05) is 55.3 Å². The Hall–Kier alpha value is -1.61. The van der Waals surface area contributed by atoms with E-state index in [9.17, 15) is 4.79 Å². The Bertz CT molecular complexity index is 537. The molecular formula is C19H24O3. The number of rotatable bonds is 4. The van der Waals surface area contributed by atoms with Gasteiger partial charge in [0.15, 0.2) is 6.10 Å². The number of ether oxygens (including phenoxy) is 2. The monoisotopic (exact) mass is 300 g/mol. The number of hydrogen-bond acceptors (Lipinski definition) is 3. The second-order valence-corrected chi connectivity index (χ2v) is 6.42. The molecule has 2 aliphatic rings. The highest BCUT2D eigenvalue weighted by atomic mass is 16.6. The van der Waals surface area contributed by atoms with Crippen molar-refractivity contribution >= 4 is 5.97 Å². The lowest BCUT2D eigenvalue weighted by molar-refractivity contribution is -0.164. The van der Waals surface area contributed by atoms with Gasteiger partial charge in [-0.2, -0.15) is 0 Å². The second-order valence-electron chi connectivity index (χ2n) is 6.42. The van der Waals surface area contributed by atoms with E-state index >= 15 is 0 Å². The van der Waals surface area contributed by atoms with Crippen molar-refractivity contribution in [2.75, 3.05) is 7.11 Å². The molecule has 0 bridgehead atoms. The van der Waals surface area contributed by atoms with Crippen molar-refractivity contribution in [2.45, 2.75) is 44.3 Å². The van der Waals surface area contributed by atoms with Crippen LogP contribution >= 0.6 is 0 Å². The van der Waals surface area contributed by atoms with Crippen LogP contribution in [0.15, 0.2) is 42.5 Å². The van der Waals surface area contributed by atoms with Gasteiger partial charge in [0.25, 0.3) is 0 Å². The first-order chi connectivity index (χ1) is 10.7. The Morgan fingerprint density at radius 3 is 2.68 bits per heavy atom. The van der Waals surface area contributed by atoms with Gasteiger partial charge in [-0.25, -0.2) is 4.79 Å². The molecule has 1 aromatic rings. The molecular weight excluding hydrogens is 276 g/mol. The van der Waals surface area contributed by atoms with E-state index in [0.717, 1.165) is 18.4 Å². The molecule has 0 spiro atoms. The Kier molecular flexibility index (Phi) is 4.63. The zero-order valence-electron chi connectivity index (χ0n) is 13.2. The molecule has 0 amide bonds. The Labute approximate surface area is 132 Å². The number of methoxy groups -OCH3 is 1. The molecule has 0 aromatic heterocycles. The first-order valence-electron chi connectivity index (χ1n) is 8.16. The van der Waals surface area contributed by atoms with E-state index in [2.05, 4.69) is 6.58 Å². The van der Waals surface area contributed by atoms with Gasteiger partial charge < -0.3 is 9.47 Å². The summed E-state index contributed by atoms with van der Waals surface area (Å²) in [5.74, 6) is 0.723. The van der Waals surface area contributed by atoms with E-state index in [1.165, 1.54) is 24.8 Å². The van der Waals surface area contributed by atoms with Crippen LogP contribution in [0, 0.1) is 11.8 Å². The first-order valence-corrected chi connectivity index (χ1v) is 8.16. The second kappa shape index (κ2) is 6.66. The van der Waals surface area contributed by atoms with Crippen LogP contribution in [0.3, 0.4) is 0 Å². The normalized spacial score (nSPS) is 29.0. The van der Waals surface area contributed by atoms with E-state index in [4.69, 9.17) is 9.47 Å². The van der Waals surface area contributed by atoms with E-state index in [0.29, 0.717) is 11.8 Å². The van der Waals surface area contributed by atoms with E-state index in [1.807, 2.05) is 30.3 Å². The number of carbonyl (C=O) groups is 1. The average molecular weight is 300 g/mol. The van der Waals surface area contributed by atoms with Gasteiger partial charge in [0.2, 0.25) is 0 Å². The highest BCUT2D eigenvalue weighted by Gasteiger charge is 2.42. The Morgan fingerprint density at radius 2 is 1.95 bits per heavy atom. The zero-order chi connectivity index (χ0) is 15.5. The molecule has 3 nitrogen and oxygen atoms in total. The molecule has 0 N–H and O–H groups in total. The minimum Gasteiger partial charge on any atom is -0.460 e. The molecule has 4 atom stereocenters. The number of hydrogen-bond donors (Lipinski definition) is 0. The van der Waals surface area contributed by atoms with Crippen LogP contribution in [0.1, 0.15) is 43.8 Å². The SMILES string of the molecule is C=C1C[C@@H](OC(=O)[C@@H](OC)c2ccccc2)[C@@H]2CCCC[C@H]12. The summed E-state index contributed by atoms with van der Waals surface area (Å²) >= 11 is 0. The maximum Gasteiger partial charge on any atom is 0.340 e. The number of carbonyl (C=O) groups excluding carboxylic acids is 1. The largest absolute Gasteiger partial charge is 0.460 e. The molecule has 2 aliphatic carbocycles. The van der Waals surface area contributed by atoms with Gasteiger partial charge in [0.1, 0.15) is 6.10 Å². The maximum atomic E-state index is 12.5. The lowest BCUT2D eigenvalue weighted by Gasteiger charge is -2.29. The van der Waals surface area contributed by atoms with Gasteiger partial charge >= 0.3 is 5.97 Å². The summed E-state index contributed by atoms with van der Waals surface area (Å²) in [6.07, 6.45) is 4.99. The van der Waals surface area contributed by atoms with Crippen molar-refractivity contribution in [1.82, 2.24) is 0 Å². The van der Waals surface area contributed by atoms with Gasteiger partial charge in [-0.3, -0.25) is 0 Å². The van der Waals surface area contributed by atoms with Gasteiger partial charge in [0.05, 0.1) is 0 Å². The number of benzene rings is 1. The number of esters is 1. The molecule has 2 fully saturated rings. The summed E-state index contributed by atoms with van der Waals surface area (Å²) in [5, 5.41) is 0. The third-order valence-corrected chi connectivity index (χ3v) is 5.10. The lowest BCUT2D eigenvalue weighted by Crippen LogP contribution is -2.30. The van der Waals surface area contributed by atoms with Crippen LogP contribution in [0.5, 0.6) is 0 Å². The fourth-order valence-corrected chi connectivity index (χ4v) is 4.01. The summed E-state index contributed by atoms with van der Waals surface area (Å²) in [6, 6.07) is 9.53. The lowest BCUT2D eigenvalue weighted by atomic mass is 9.80. The van der Waals surface area contributed by atoms with Crippen molar-refractivity contribution in [1.29, 1.82) is 0 Å². The minimum absolute atomic E-state index is 0.0216. The van der Waals surface area contributed by atoms with Crippen LogP contribution in [-0.2, 0) is 14.3 Å². The topological polar surface area (TPSA) is 35.5 Å². The smallest absolute Gasteiger partial charge is 0.340 e. The van der Waals surface area contributed by atoms with Crippen molar-refractivity contribution in [2.24, 2.45) is 11.8 Å². The molecule has 0 heterocycles. The summed E-state index contributed by atoms with van der Waals surface area (Å²) in [7, 11) is 1.55. The molecule has 0 saturated heterocycles. The third-order valence-electron chi connectivity index (χ3n) is 5.10. The standard InChI is InChI=1S/C19H24O3/c1-13-12-17(16-11-7-6-10-15(13)16)22-19(20)18(21-2)14-8-4-3-5-9-14/h3-5,8-9,15-18H,1,6-7,10-12H2,2H3/t15-,16-,17-,18+/m1/s1. The maximum absolute atomic E-state index is 12.5. The van der Waals surface area contributed by atoms with Crippen molar-refractivity contribution in [3.8, 4) is 0 Å². The van der Waals surface area contributed by atoms with Gasteiger partial charge in [-0.05, 0) is 24.3 Å².